The number of hydrogen-bond donors (Lipinski definition) is 0. The molecule has 72 valence electrons. The van der Waals surface area contributed by atoms with Crippen LogP contribution in [-0.2, 0) is 4.74 Å². The van der Waals surface area contributed by atoms with E-state index < -0.39 is 0 Å². The Bertz CT molecular complexity index is 490. The Morgan fingerprint density at radius 1 is 1.50 bits per heavy atom. The predicted molar refractivity (Wildman–Crippen MR) is 53.7 cm³/mol. The standard InChI is InChI=1S/C10H8ClNO2/c1-14-10(13)7-5-8-3-2-4-9(11)12(8)6-7/h2-6H,1H3. The molecule has 0 saturated carbocycles. The van der Waals surface area contributed by atoms with Gasteiger partial charge in [0.2, 0.25) is 0 Å². The van der Waals surface area contributed by atoms with Crippen molar-refractivity contribution >= 4 is 23.1 Å². The molecule has 3 nitrogen and oxygen atoms in total. The molecule has 14 heavy (non-hydrogen) atoms. The highest BCUT2D eigenvalue weighted by atomic mass is 35.5. The number of carbonyl (C=O) groups is 1. The van der Waals surface area contributed by atoms with Gasteiger partial charge in [0.15, 0.2) is 0 Å². The maximum Gasteiger partial charge on any atom is 0.339 e. The molecule has 0 atom stereocenters. The third-order valence-electron chi connectivity index (χ3n) is 2.00. The molecule has 2 aromatic rings. The van der Waals surface area contributed by atoms with Crippen LogP contribution in [0.15, 0.2) is 30.5 Å². The Hall–Kier alpha value is -1.48. The lowest BCUT2D eigenvalue weighted by Gasteiger charge is -1.95. The number of pyridine rings is 1. The van der Waals surface area contributed by atoms with E-state index in [1.807, 2.05) is 12.1 Å². The highest BCUT2D eigenvalue weighted by Gasteiger charge is 2.09. The normalized spacial score (nSPS) is 10.4. The van der Waals surface area contributed by atoms with Crippen LogP contribution in [0.4, 0.5) is 0 Å². The number of fused-ring (bicyclic) bond motifs is 1. The van der Waals surface area contributed by atoms with E-state index in [1.165, 1.54) is 7.11 Å². The second-order valence-corrected chi connectivity index (χ2v) is 3.25. The van der Waals surface area contributed by atoms with Crippen LogP contribution >= 0.6 is 11.6 Å². The van der Waals surface area contributed by atoms with Gasteiger partial charge >= 0.3 is 5.97 Å². The summed E-state index contributed by atoms with van der Waals surface area (Å²) in [5.41, 5.74) is 1.37. The lowest BCUT2D eigenvalue weighted by Crippen LogP contribution is -1.98. The molecule has 0 amide bonds. The van der Waals surface area contributed by atoms with E-state index in [-0.39, 0.29) is 5.97 Å². The highest BCUT2D eigenvalue weighted by Crippen LogP contribution is 2.16. The molecule has 2 aromatic heterocycles. The van der Waals surface area contributed by atoms with Gasteiger partial charge in [-0.25, -0.2) is 4.79 Å². The summed E-state index contributed by atoms with van der Waals surface area (Å²) in [6, 6.07) is 7.20. The smallest absolute Gasteiger partial charge is 0.339 e. The maximum atomic E-state index is 11.2. The first-order valence-corrected chi connectivity index (χ1v) is 4.45. The average Bonchev–Trinajstić information content (AvgIpc) is 2.62. The third kappa shape index (κ3) is 1.36. The third-order valence-corrected chi connectivity index (χ3v) is 2.31. The zero-order valence-corrected chi connectivity index (χ0v) is 8.28. The van der Waals surface area contributed by atoms with E-state index in [9.17, 15) is 4.79 Å². The molecule has 0 aliphatic rings. The van der Waals surface area contributed by atoms with Crippen LogP contribution in [0.3, 0.4) is 0 Å². The van der Waals surface area contributed by atoms with Crippen molar-refractivity contribution in [3.05, 3.63) is 41.2 Å². The van der Waals surface area contributed by atoms with Crippen LogP contribution in [0, 0.1) is 0 Å². The quantitative estimate of drug-likeness (QED) is 0.533. The number of esters is 1. The monoisotopic (exact) mass is 209 g/mol. The molecule has 0 aliphatic carbocycles. The Morgan fingerprint density at radius 2 is 2.29 bits per heavy atom. The Kier molecular flexibility index (Phi) is 2.17. The SMILES string of the molecule is COC(=O)c1cc2cccc(Cl)n2c1. The van der Waals surface area contributed by atoms with Gasteiger partial charge in [0.25, 0.3) is 0 Å². The molecular formula is C10H8ClNO2. The fraction of sp³-hybridized carbons (Fsp3) is 0.100. The van der Waals surface area contributed by atoms with Gasteiger partial charge in [0.1, 0.15) is 5.15 Å². The van der Waals surface area contributed by atoms with Crippen molar-refractivity contribution in [3.8, 4) is 0 Å². The van der Waals surface area contributed by atoms with Gasteiger partial charge < -0.3 is 9.14 Å². The van der Waals surface area contributed by atoms with E-state index in [0.29, 0.717) is 10.7 Å². The molecule has 2 rings (SSSR count). The van der Waals surface area contributed by atoms with Crippen LogP contribution in [0.25, 0.3) is 5.52 Å². The minimum atomic E-state index is -0.357. The van der Waals surface area contributed by atoms with Crippen molar-refractivity contribution in [3.63, 3.8) is 0 Å². The number of methoxy groups -OCH3 is 1. The second-order valence-electron chi connectivity index (χ2n) is 2.86. The summed E-state index contributed by atoms with van der Waals surface area (Å²) in [5, 5.41) is 0.567. The zero-order valence-electron chi connectivity index (χ0n) is 7.53. The van der Waals surface area contributed by atoms with Crippen LogP contribution in [-0.4, -0.2) is 17.5 Å². The zero-order chi connectivity index (χ0) is 10.1. The van der Waals surface area contributed by atoms with Crippen LogP contribution in [0.2, 0.25) is 5.15 Å². The topological polar surface area (TPSA) is 30.7 Å². The molecule has 0 fully saturated rings. The van der Waals surface area contributed by atoms with E-state index in [4.69, 9.17) is 11.6 Å². The van der Waals surface area contributed by atoms with Gasteiger partial charge in [0.05, 0.1) is 12.7 Å². The van der Waals surface area contributed by atoms with Crippen molar-refractivity contribution in [1.82, 2.24) is 4.40 Å². The van der Waals surface area contributed by atoms with Crippen molar-refractivity contribution in [2.24, 2.45) is 0 Å². The molecule has 0 aromatic carbocycles. The molecule has 0 saturated heterocycles. The molecule has 0 spiro atoms. The summed E-state index contributed by atoms with van der Waals surface area (Å²) < 4.78 is 6.34. The summed E-state index contributed by atoms with van der Waals surface area (Å²) in [5.74, 6) is -0.357. The number of nitrogens with zero attached hydrogens (tertiary/aromatic N) is 1. The fourth-order valence-electron chi connectivity index (χ4n) is 1.33. The van der Waals surface area contributed by atoms with Crippen molar-refractivity contribution in [2.75, 3.05) is 7.11 Å². The lowest BCUT2D eigenvalue weighted by molar-refractivity contribution is 0.0601. The minimum absolute atomic E-state index is 0.357. The van der Waals surface area contributed by atoms with Crippen LogP contribution in [0.1, 0.15) is 10.4 Å². The number of hydrogen-bond acceptors (Lipinski definition) is 2. The highest BCUT2D eigenvalue weighted by molar-refractivity contribution is 6.29. The van der Waals surface area contributed by atoms with E-state index >= 15 is 0 Å². The largest absolute Gasteiger partial charge is 0.465 e. The summed E-state index contributed by atoms with van der Waals surface area (Å²) in [6.07, 6.45) is 1.66. The molecule has 4 heteroatoms. The maximum absolute atomic E-state index is 11.2. The lowest BCUT2D eigenvalue weighted by atomic mass is 10.3. The fourth-order valence-corrected chi connectivity index (χ4v) is 1.55. The van der Waals surface area contributed by atoms with Gasteiger partial charge in [-0.05, 0) is 18.2 Å². The van der Waals surface area contributed by atoms with Gasteiger partial charge in [-0.1, -0.05) is 17.7 Å². The van der Waals surface area contributed by atoms with Gasteiger partial charge in [-0.15, -0.1) is 0 Å². The first-order valence-electron chi connectivity index (χ1n) is 4.07. The minimum Gasteiger partial charge on any atom is -0.465 e. The number of carbonyl (C=O) groups excluding carboxylic acids is 1. The van der Waals surface area contributed by atoms with Gasteiger partial charge in [-0.2, -0.15) is 0 Å². The number of rotatable bonds is 1. The molecule has 0 unspecified atom stereocenters. The van der Waals surface area contributed by atoms with Crippen molar-refractivity contribution in [1.29, 1.82) is 0 Å². The summed E-state index contributed by atoms with van der Waals surface area (Å²) >= 11 is 5.93. The first kappa shape index (κ1) is 9.09. The summed E-state index contributed by atoms with van der Waals surface area (Å²) in [4.78, 5) is 11.2. The van der Waals surface area contributed by atoms with E-state index in [0.717, 1.165) is 5.52 Å². The molecule has 0 radical (unpaired) electrons. The second kappa shape index (κ2) is 3.35. The van der Waals surface area contributed by atoms with E-state index in [2.05, 4.69) is 4.74 Å². The first-order chi connectivity index (χ1) is 6.72. The van der Waals surface area contributed by atoms with Crippen LogP contribution < -0.4 is 0 Å². The average molecular weight is 210 g/mol. The molecule has 0 aliphatic heterocycles. The molecule has 0 N–H and O–H groups in total. The molecule has 0 bridgehead atoms. The summed E-state index contributed by atoms with van der Waals surface area (Å²) in [7, 11) is 1.35. The van der Waals surface area contributed by atoms with Crippen molar-refractivity contribution in [2.45, 2.75) is 0 Å². The van der Waals surface area contributed by atoms with Gasteiger partial charge in [0, 0.05) is 11.7 Å². The molecule has 2 heterocycles. The molecular weight excluding hydrogens is 202 g/mol. The number of ether oxygens (including phenoxy) is 1. The Balaban J connectivity index is 2.62. The number of halogens is 1. The van der Waals surface area contributed by atoms with Gasteiger partial charge in [-0.3, -0.25) is 0 Å². The van der Waals surface area contributed by atoms with Crippen molar-refractivity contribution < 1.29 is 9.53 Å². The Labute approximate surface area is 85.9 Å². The van der Waals surface area contributed by atoms with Crippen LogP contribution in [0.5, 0.6) is 0 Å². The number of aromatic nitrogens is 1. The predicted octanol–water partition coefficient (Wildman–Crippen LogP) is 2.38. The van der Waals surface area contributed by atoms with E-state index in [1.54, 1.807) is 22.7 Å². The summed E-state index contributed by atoms with van der Waals surface area (Å²) in [6.45, 7) is 0. The Morgan fingerprint density at radius 3 is 2.93 bits per heavy atom.